The summed E-state index contributed by atoms with van der Waals surface area (Å²) < 4.78 is 0. The maximum absolute atomic E-state index is 12.2. The van der Waals surface area contributed by atoms with E-state index in [9.17, 15) is 9.59 Å². The number of amides is 3. The van der Waals surface area contributed by atoms with Crippen LogP contribution in [0, 0.1) is 0 Å². The zero-order valence-corrected chi connectivity index (χ0v) is 14.4. The van der Waals surface area contributed by atoms with E-state index in [2.05, 4.69) is 20.9 Å². The largest absolute Gasteiger partial charge is 0.325 e. The van der Waals surface area contributed by atoms with Crippen molar-refractivity contribution in [2.45, 2.75) is 0 Å². The van der Waals surface area contributed by atoms with Gasteiger partial charge in [-0.05, 0) is 30.3 Å². The van der Waals surface area contributed by atoms with E-state index in [0.717, 1.165) is 11.3 Å². The van der Waals surface area contributed by atoms with Crippen LogP contribution in [-0.2, 0) is 0 Å². The molecule has 0 atom stereocenters. The lowest BCUT2D eigenvalue weighted by Crippen LogP contribution is -2.19. The van der Waals surface area contributed by atoms with Crippen molar-refractivity contribution in [1.82, 2.24) is 4.98 Å². The highest BCUT2D eigenvalue weighted by molar-refractivity contribution is 7.14. The van der Waals surface area contributed by atoms with Gasteiger partial charge in [0, 0.05) is 21.8 Å². The van der Waals surface area contributed by atoms with Crippen molar-refractivity contribution in [2.24, 2.45) is 0 Å². The van der Waals surface area contributed by atoms with Crippen LogP contribution >= 0.6 is 22.9 Å². The van der Waals surface area contributed by atoms with Crippen LogP contribution in [0.15, 0.2) is 60.0 Å². The number of nitrogens with zero attached hydrogens (tertiary/aromatic N) is 1. The highest BCUT2D eigenvalue weighted by atomic mass is 35.5. The molecule has 2 aromatic carbocycles. The summed E-state index contributed by atoms with van der Waals surface area (Å²) in [5, 5.41) is 10.4. The molecule has 0 radical (unpaired) electrons. The number of carbonyl (C=O) groups is 2. The number of aromatic nitrogens is 1. The van der Waals surface area contributed by atoms with Gasteiger partial charge in [-0.2, -0.15) is 0 Å². The third-order valence-electron chi connectivity index (χ3n) is 3.07. The van der Waals surface area contributed by atoms with E-state index < -0.39 is 6.03 Å². The Kier molecular flexibility index (Phi) is 5.27. The lowest BCUT2D eigenvalue weighted by atomic mass is 10.3. The van der Waals surface area contributed by atoms with Crippen LogP contribution in [0.1, 0.15) is 10.5 Å². The Morgan fingerprint density at radius 1 is 0.920 bits per heavy atom. The van der Waals surface area contributed by atoms with Gasteiger partial charge in [-0.3, -0.25) is 10.1 Å². The Morgan fingerprint density at radius 2 is 1.68 bits per heavy atom. The minimum atomic E-state index is -0.428. The molecule has 3 aromatic rings. The zero-order chi connectivity index (χ0) is 17.6. The second-order valence-electron chi connectivity index (χ2n) is 4.95. The maximum Gasteiger partial charge on any atom is 0.325 e. The standard InChI is InChI=1S/C17H13ClN4O2S/c18-11-5-4-8-13(9-11)19-15(23)14-10-25-17(21-14)22-16(24)20-12-6-2-1-3-7-12/h1-10H,(H,19,23)(H2,20,21,22,24). The first-order chi connectivity index (χ1) is 12.1. The van der Waals surface area contributed by atoms with Gasteiger partial charge in [0.15, 0.2) is 5.13 Å². The van der Waals surface area contributed by atoms with Gasteiger partial charge in [-0.15, -0.1) is 11.3 Å². The third kappa shape index (κ3) is 4.79. The number of hydrogen-bond acceptors (Lipinski definition) is 4. The molecule has 0 bridgehead atoms. The molecule has 0 saturated carbocycles. The number of halogens is 1. The number of benzene rings is 2. The predicted molar refractivity (Wildman–Crippen MR) is 101 cm³/mol. The lowest BCUT2D eigenvalue weighted by molar-refractivity contribution is 0.102. The highest BCUT2D eigenvalue weighted by Crippen LogP contribution is 2.19. The number of para-hydroxylation sites is 1. The van der Waals surface area contributed by atoms with E-state index in [1.165, 1.54) is 0 Å². The first kappa shape index (κ1) is 16.9. The predicted octanol–water partition coefficient (Wildman–Crippen LogP) is 4.69. The summed E-state index contributed by atoms with van der Waals surface area (Å²) in [5.41, 5.74) is 1.44. The number of rotatable bonds is 4. The van der Waals surface area contributed by atoms with Crippen LogP contribution < -0.4 is 16.0 Å². The highest BCUT2D eigenvalue weighted by Gasteiger charge is 2.13. The van der Waals surface area contributed by atoms with Crippen molar-refractivity contribution < 1.29 is 9.59 Å². The average molecular weight is 373 g/mol. The Balaban J connectivity index is 1.60. The zero-order valence-electron chi connectivity index (χ0n) is 12.8. The van der Waals surface area contributed by atoms with Crippen LogP contribution in [0.2, 0.25) is 5.02 Å². The Bertz CT molecular complexity index is 898. The monoisotopic (exact) mass is 372 g/mol. The summed E-state index contributed by atoms with van der Waals surface area (Å²) in [5.74, 6) is -0.380. The molecule has 0 unspecified atom stereocenters. The first-order valence-corrected chi connectivity index (χ1v) is 8.51. The number of anilines is 3. The Labute approximate surface area is 152 Å². The molecule has 3 N–H and O–H groups in total. The summed E-state index contributed by atoms with van der Waals surface area (Å²) in [6.45, 7) is 0. The topological polar surface area (TPSA) is 83.1 Å². The number of thiazole rings is 1. The van der Waals surface area contributed by atoms with Gasteiger partial charge in [0.05, 0.1) is 0 Å². The molecule has 0 aliphatic heterocycles. The smallest absolute Gasteiger partial charge is 0.321 e. The van der Waals surface area contributed by atoms with Crippen LogP contribution in [0.3, 0.4) is 0 Å². The van der Waals surface area contributed by atoms with E-state index >= 15 is 0 Å². The van der Waals surface area contributed by atoms with Gasteiger partial charge in [0.25, 0.3) is 5.91 Å². The van der Waals surface area contributed by atoms with E-state index in [1.807, 2.05) is 18.2 Å². The van der Waals surface area contributed by atoms with Crippen molar-refractivity contribution in [3.63, 3.8) is 0 Å². The molecule has 1 aromatic heterocycles. The average Bonchev–Trinajstić information content (AvgIpc) is 3.04. The van der Waals surface area contributed by atoms with Gasteiger partial charge in [0.1, 0.15) is 5.69 Å². The number of hydrogen-bond donors (Lipinski definition) is 3. The summed E-state index contributed by atoms with van der Waals surface area (Å²) in [6.07, 6.45) is 0. The molecule has 25 heavy (non-hydrogen) atoms. The normalized spacial score (nSPS) is 10.1. The molecule has 1 heterocycles. The van der Waals surface area contributed by atoms with Gasteiger partial charge < -0.3 is 10.6 Å². The van der Waals surface area contributed by atoms with E-state index in [0.29, 0.717) is 21.5 Å². The summed E-state index contributed by atoms with van der Waals surface area (Å²) in [6, 6.07) is 15.4. The third-order valence-corrected chi connectivity index (χ3v) is 4.06. The van der Waals surface area contributed by atoms with Crippen molar-refractivity contribution in [3.8, 4) is 0 Å². The fourth-order valence-corrected chi connectivity index (χ4v) is 2.85. The lowest BCUT2D eigenvalue weighted by Gasteiger charge is -2.05. The molecule has 0 saturated heterocycles. The molecule has 6 nitrogen and oxygen atoms in total. The van der Waals surface area contributed by atoms with Crippen molar-refractivity contribution in [3.05, 3.63) is 70.7 Å². The molecular formula is C17H13ClN4O2S. The van der Waals surface area contributed by atoms with Crippen LogP contribution in [0.25, 0.3) is 0 Å². The second kappa shape index (κ2) is 7.78. The Morgan fingerprint density at radius 3 is 2.44 bits per heavy atom. The summed E-state index contributed by atoms with van der Waals surface area (Å²) in [4.78, 5) is 28.2. The molecule has 3 rings (SSSR count). The SMILES string of the molecule is O=C(Nc1ccccc1)Nc1nc(C(=O)Nc2cccc(Cl)c2)cs1. The Hall–Kier alpha value is -2.90. The van der Waals surface area contributed by atoms with E-state index in [4.69, 9.17) is 11.6 Å². The minimum absolute atomic E-state index is 0.208. The molecular weight excluding hydrogens is 360 g/mol. The quantitative estimate of drug-likeness (QED) is 0.621. The molecule has 126 valence electrons. The van der Waals surface area contributed by atoms with Gasteiger partial charge in [-0.1, -0.05) is 35.9 Å². The van der Waals surface area contributed by atoms with Crippen molar-refractivity contribution in [1.29, 1.82) is 0 Å². The van der Waals surface area contributed by atoms with Crippen LogP contribution in [0.4, 0.5) is 21.3 Å². The minimum Gasteiger partial charge on any atom is -0.321 e. The van der Waals surface area contributed by atoms with Crippen LogP contribution in [0.5, 0.6) is 0 Å². The second-order valence-corrected chi connectivity index (χ2v) is 6.24. The maximum atomic E-state index is 12.2. The molecule has 8 heteroatoms. The van der Waals surface area contributed by atoms with Gasteiger partial charge in [-0.25, -0.2) is 9.78 Å². The molecule has 0 spiro atoms. The molecule has 0 aliphatic carbocycles. The van der Waals surface area contributed by atoms with E-state index in [1.54, 1.807) is 41.8 Å². The van der Waals surface area contributed by atoms with Crippen molar-refractivity contribution in [2.75, 3.05) is 16.0 Å². The number of carbonyl (C=O) groups excluding carboxylic acids is 2. The van der Waals surface area contributed by atoms with Crippen LogP contribution in [-0.4, -0.2) is 16.9 Å². The molecule has 0 fully saturated rings. The number of urea groups is 1. The number of nitrogens with one attached hydrogen (secondary N) is 3. The summed E-state index contributed by atoms with van der Waals surface area (Å²) in [7, 11) is 0. The fraction of sp³-hybridized carbons (Fsp3) is 0. The van der Waals surface area contributed by atoms with E-state index in [-0.39, 0.29) is 11.6 Å². The molecule has 3 amide bonds. The first-order valence-electron chi connectivity index (χ1n) is 7.25. The van der Waals surface area contributed by atoms with Gasteiger partial charge in [0.2, 0.25) is 0 Å². The molecule has 0 aliphatic rings. The fourth-order valence-electron chi connectivity index (χ4n) is 1.98. The van der Waals surface area contributed by atoms with Crippen molar-refractivity contribution >= 4 is 51.4 Å². The summed E-state index contributed by atoms with van der Waals surface area (Å²) >= 11 is 7.04. The van der Waals surface area contributed by atoms with Gasteiger partial charge >= 0.3 is 6.03 Å².